The van der Waals surface area contributed by atoms with Crippen LogP contribution in [0.5, 0.6) is 0 Å². The first-order valence-electron chi connectivity index (χ1n) is 6.88. The van der Waals surface area contributed by atoms with Gasteiger partial charge in [0, 0.05) is 42.8 Å². The van der Waals surface area contributed by atoms with E-state index in [4.69, 9.17) is 4.74 Å². The molecule has 0 N–H and O–H groups in total. The maximum atomic E-state index is 11.7. The second-order valence-corrected chi connectivity index (χ2v) is 4.91. The summed E-state index contributed by atoms with van der Waals surface area (Å²) >= 11 is 0. The SMILES string of the molecule is COC(=O)c1cnc(N2CCCC2)c(-c2cncnc2)c1. The van der Waals surface area contributed by atoms with Crippen molar-refractivity contribution in [3.05, 3.63) is 36.5 Å². The third kappa shape index (κ3) is 2.69. The monoisotopic (exact) mass is 284 g/mol. The summed E-state index contributed by atoms with van der Waals surface area (Å²) in [5.74, 6) is 0.475. The third-order valence-electron chi connectivity index (χ3n) is 3.56. The van der Waals surface area contributed by atoms with Crippen LogP contribution in [0.15, 0.2) is 31.0 Å². The molecular formula is C15H16N4O2. The Morgan fingerprint density at radius 3 is 2.57 bits per heavy atom. The second-order valence-electron chi connectivity index (χ2n) is 4.91. The van der Waals surface area contributed by atoms with Gasteiger partial charge in [0.2, 0.25) is 0 Å². The smallest absolute Gasteiger partial charge is 0.339 e. The fourth-order valence-corrected chi connectivity index (χ4v) is 2.52. The highest BCUT2D eigenvalue weighted by atomic mass is 16.5. The summed E-state index contributed by atoms with van der Waals surface area (Å²) in [7, 11) is 1.36. The van der Waals surface area contributed by atoms with Gasteiger partial charge in [0.15, 0.2) is 0 Å². The molecule has 0 saturated carbocycles. The topological polar surface area (TPSA) is 68.2 Å². The number of carbonyl (C=O) groups excluding carboxylic acids is 1. The molecule has 1 aliphatic rings. The van der Waals surface area contributed by atoms with Crippen molar-refractivity contribution < 1.29 is 9.53 Å². The van der Waals surface area contributed by atoms with Crippen molar-refractivity contribution in [1.82, 2.24) is 15.0 Å². The van der Waals surface area contributed by atoms with E-state index in [1.807, 2.05) is 0 Å². The van der Waals surface area contributed by atoms with Gasteiger partial charge in [0.25, 0.3) is 0 Å². The molecule has 0 atom stereocenters. The molecule has 0 amide bonds. The zero-order valence-corrected chi connectivity index (χ0v) is 11.8. The summed E-state index contributed by atoms with van der Waals surface area (Å²) in [6, 6.07) is 1.80. The molecule has 0 spiro atoms. The van der Waals surface area contributed by atoms with Gasteiger partial charge < -0.3 is 9.64 Å². The normalized spacial score (nSPS) is 14.2. The maximum absolute atomic E-state index is 11.7. The quantitative estimate of drug-likeness (QED) is 0.802. The van der Waals surface area contributed by atoms with Gasteiger partial charge in [-0.3, -0.25) is 0 Å². The average molecular weight is 284 g/mol. The minimum absolute atomic E-state index is 0.395. The van der Waals surface area contributed by atoms with Gasteiger partial charge >= 0.3 is 5.97 Å². The molecule has 3 rings (SSSR count). The Kier molecular flexibility index (Phi) is 3.77. The number of esters is 1. The average Bonchev–Trinajstić information content (AvgIpc) is 3.08. The lowest BCUT2D eigenvalue weighted by Gasteiger charge is -2.20. The summed E-state index contributed by atoms with van der Waals surface area (Å²) in [6.45, 7) is 1.95. The van der Waals surface area contributed by atoms with Crippen LogP contribution in [-0.4, -0.2) is 41.1 Å². The molecule has 0 unspecified atom stereocenters. The van der Waals surface area contributed by atoms with Crippen molar-refractivity contribution >= 4 is 11.8 Å². The number of carbonyl (C=O) groups is 1. The number of methoxy groups -OCH3 is 1. The highest BCUT2D eigenvalue weighted by Gasteiger charge is 2.20. The lowest BCUT2D eigenvalue weighted by Crippen LogP contribution is -2.20. The highest BCUT2D eigenvalue weighted by Crippen LogP contribution is 2.31. The number of nitrogens with zero attached hydrogens (tertiary/aromatic N) is 4. The Morgan fingerprint density at radius 2 is 1.90 bits per heavy atom. The molecule has 0 aromatic carbocycles. The summed E-state index contributed by atoms with van der Waals surface area (Å²) in [4.78, 5) is 26.5. The lowest BCUT2D eigenvalue weighted by molar-refractivity contribution is 0.0600. The van der Waals surface area contributed by atoms with Crippen LogP contribution in [0, 0.1) is 0 Å². The van der Waals surface area contributed by atoms with Crippen molar-refractivity contribution in [3.8, 4) is 11.1 Å². The number of hydrogen-bond acceptors (Lipinski definition) is 6. The minimum atomic E-state index is -0.395. The molecular weight excluding hydrogens is 268 g/mol. The van der Waals surface area contributed by atoms with Crippen molar-refractivity contribution in [2.45, 2.75) is 12.8 Å². The first kappa shape index (κ1) is 13.5. The molecule has 3 heterocycles. The van der Waals surface area contributed by atoms with Crippen LogP contribution in [-0.2, 0) is 4.74 Å². The van der Waals surface area contributed by atoms with E-state index in [0.717, 1.165) is 42.9 Å². The van der Waals surface area contributed by atoms with Crippen molar-refractivity contribution in [1.29, 1.82) is 0 Å². The Balaban J connectivity index is 2.09. The number of rotatable bonds is 3. The van der Waals surface area contributed by atoms with Crippen molar-refractivity contribution in [2.75, 3.05) is 25.1 Å². The molecule has 0 radical (unpaired) electrons. The number of hydrogen-bond donors (Lipinski definition) is 0. The van der Waals surface area contributed by atoms with Crippen LogP contribution in [0.4, 0.5) is 5.82 Å². The minimum Gasteiger partial charge on any atom is -0.465 e. The maximum Gasteiger partial charge on any atom is 0.339 e. The summed E-state index contributed by atoms with van der Waals surface area (Å²) < 4.78 is 4.77. The molecule has 6 heteroatoms. The van der Waals surface area contributed by atoms with E-state index in [1.54, 1.807) is 24.7 Å². The Hall–Kier alpha value is -2.50. The molecule has 1 aliphatic heterocycles. The molecule has 6 nitrogen and oxygen atoms in total. The van der Waals surface area contributed by atoms with Crippen LogP contribution in [0.1, 0.15) is 23.2 Å². The first-order chi connectivity index (χ1) is 10.3. The molecule has 0 bridgehead atoms. The third-order valence-corrected chi connectivity index (χ3v) is 3.56. The van der Waals surface area contributed by atoms with Crippen molar-refractivity contribution in [2.24, 2.45) is 0 Å². The first-order valence-corrected chi connectivity index (χ1v) is 6.88. The zero-order valence-electron chi connectivity index (χ0n) is 11.8. The molecule has 1 fully saturated rings. The predicted octanol–water partition coefficient (Wildman–Crippen LogP) is 1.93. The van der Waals surface area contributed by atoms with Gasteiger partial charge in [-0.25, -0.2) is 19.7 Å². The van der Waals surface area contributed by atoms with E-state index >= 15 is 0 Å². The zero-order chi connectivity index (χ0) is 14.7. The highest BCUT2D eigenvalue weighted by molar-refractivity contribution is 5.92. The fourth-order valence-electron chi connectivity index (χ4n) is 2.52. The largest absolute Gasteiger partial charge is 0.465 e. The van der Waals surface area contributed by atoms with E-state index in [0.29, 0.717) is 5.56 Å². The molecule has 0 aliphatic carbocycles. The number of ether oxygens (including phenoxy) is 1. The summed E-state index contributed by atoms with van der Waals surface area (Å²) in [6.07, 6.45) is 8.81. The molecule has 21 heavy (non-hydrogen) atoms. The van der Waals surface area contributed by atoms with Gasteiger partial charge in [-0.1, -0.05) is 0 Å². The van der Waals surface area contributed by atoms with E-state index < -0.39 is 5.97 Å². The van der Waals surface area contributed by atoms with Crippen LogP contribution < -0.4 is 4.90 Å². The molecule has 2 aromatic rings. The van der Waals surface area contributed by atoms with Gasteiger partial charge in [-0.15, -0.1) is 0 Å². The van der Waals surface area contributed by atoms with Crippen LogP contribution in [0.3, 0.4) is 0 Å². The number of pyridine rings is 1. The fraction of sp³-hybridized carbons (Fsp3) is 0.333. The molecule has 1 saturated heterocycles. The summed E-state index contributed by atoms with van der Waals surface area (Å²) in [5, 5.41) is 0. The van der Waals surface area contributed by atoms with Gasteiger partial charge in [-0.2, -0.15) is 0 Å². The van der Waals surface area contributed by atoms with E-state index in [1.165, 1.54) is 13.4 Å². The van der Waals surface area contributed by atoms with Gasteiger partial charge in [0.05, 0.1) is 12.7 Å². The number of anilines is 1. The Morgan fingerprint density at radius 1 is 1.19 bits per heavy atom. The standard InChI is InChI=1S/C15H16N4O2/c1-21-15(20)11-6-13(12-7-16-10-17-8-12)14(18-9-11)19-4-2-3-5-19/h6-10H,2-5H2,1H3. The second kappa shape index (κ2) is 5.87. The lowest BCUT2D eigenvalue weighted by atomic mass is 10.1. The van der Waals surface area contributed by atoms with Gasteiger partial charge in [0.1, 0.15) is 12.1 Å². The molecule has 2 aromatic heterocycles. The Labute approximate surface area is 122 Å². The van der Waals surface area contributed by atoms with Crippen molar-refractivity contribution in [3.63, 3.8) is 0 Å². The summed E-state index contributed by atoms with van der Waals surface area (Å²) in [5.41, 5.74) is 2.14. The van der Waals surface area contributed by atoms with E-state index in [9.17, 15) is 4.79 Å². The van der Waals surface area contributed by atoms with Crippen LogP contribution >= 0.6 is 0 Å². The van der Waals surface area contributed by atoms with E-state index in [2.05, 4.69) is 19.9 Å². The predicted molar refractivity (Wildman–Crippen MR) is 78.0 cm³/mol. The Bertz CT molecular complexity index is 639. The van der Waals surface area contributed by atoms with Crippen LogP contribution in [0.2, 0.25) is 0 Å². The number of aromatic nitrogens is 3. The molecule has 108 valence electrons. The van der Waals surface area contributed by atoms with Crippen LogP contribution in [0.25, 0.3) is 11.1 Å². The van der Waals surface area contributed by atoms with Gasteiger partial charge in [-0.05, 0) is 18.9 Å². The van der Waals surface area contributed by atoms with E-state index in [-0.39, 0.29) is 0 Å².